The Morgan fingerprint density at radius 1 is 0.780 bits per heavy atom. The van der Waals surface area contributed by atoms with Crippen LogP contribution in [0.5, 0.6) is 0 Å². The highest BCUT2D eigenvalue weighted by molar-refractivity contribution is 5.95. The lowest BCUT2D eigenvalue weighted by Gasteiger charge is -2.34. The lowest BCUT2D eigenvalue weighted by atomic mass is 9.67. The number of benzene rings is 4. The molecule has 41 heavy (non-hydrogen) atoms. The summed E-state index contributed by atoms with van der Waals surface area (Å²) in [4.78, 5) is 0. The van der Waals surface area contributed by atoms with Gasteiger partial charge in [0.25, 0.3) is 0 Å². The van der Waals surface area contributed by atoms with Crippen molar-refractivity contribution in [1.82, 2.24) is 0 Å². The van der Waals surface area contributed by atoms with E-state index in [0.717, 1.165) is 5.57 Å². The first kappa shape index (κ1) is 27.9. The SMILES string of the molecule is C=C/C=C\C=C/C(C)c1ccc2c(c1)C(c1ccccc1)(c1ccc(C)cc1)C(=C)/C2=C\C=C(/C)c1ccccc1. The smallest absolute Gasteiger partial charge is 0.0707 e. The molecule has 0 aliphatic heterocycles. The Morgan fingerprint density at radius 2 is 1.44 bits per heavy atom. The third kappa shape index (κ3) is 5.39. The first-order chi connectivity index (χ1) is 20.0. The zero-order chi connectivity index (χ0) is 28.8. The van der Waals surface area contributed by atoms with E-state index in [1.807, 2.05) is 12.2 Å². The molecule has 0 spiro atoms. The van der Waals surface area contributed by atoms with Crippen LogP contribution in [-0.4, -0.2) is 0 Å². The summed E-state index contributed by atoms with van der Waals surface area (Å²) in [5.41, 5.74) is 11.8. The van der Waals surface area contributed by atoms with E-state index in [2.05, 4.69) is 155 Å². The summed E-state index contributed by atoms with van der Waals surface area (Å²) in [5, 5.41) is 0. The summed E-state index contributed by atoms with van der Waals surface area (Å²) in [6.45, 7) is 15.2. The summed E-state index contributed by atoms with van der Waals surface area (Å²) in [5.74, 6) is 0.253. The molecule has 0 bridgehead atoms. The fourth-order valence-electron chi connectivity index (χ4n) is 5.92. The predicted molar refractivity (Wildman–Crippen MR) is 178 cm³/mol. The van der Waals surface area contributed by atoms with Crippen LogP contribution in [0.1, 0.15) is 58.7 Å². The van der Waals surface area contributed by atoms with Gasteiger partial charge in [0.1, 0.15) is 0 Å². The van der Waals surface area contributed by atoms with Crippen molar-refractivity contribution in [1.29, 1.82) is 0 Å². The van der Waals surface area contributed by atoms with Crippen molar-refractivity contribution in [2.24, 2.45) is 0 Å². The maximum Gasteiger partial charge on any atom is 0.0707 e. The van der Waals surface area contributed by atoms with Crippen LogP contribution in [0.15, 0.2) is 164 Å². The molecule has 0 saturated carbocycles. The van der Waals surface area contributed by atoms with E-state index < -0.39 is 5.41 Å². The second-order valence-corrected chi connectivity index (χ2v) is 10.9. The first-order valence-corrected chi connectivity index (χ1v) is 14.3. The minimum absolute atomic E-state index is 0.253. The van der Waals surface area contributed by atoms with Gasteiger partial charge in [-0.05, 0) is 69.9 Å². The van der Waals surface area contributed by atoms with Crippen molar-refractivity contribution in [3.05, 3.63) is 203 Å². The van der Waals surface area contributed by atoms with Crippen LogP contribution in [-0.2, 0) is 5.41 Å². The van der Waals surface area contributed by atoms with E-state index in [0.29, 0.717) is 0 Å². The Balaban J connectivity index is 1.75. The average Bonchev–Trinajstić information content (AvgIpc) is 3.26. The summed E-state index contributed by atoms with van der Waals surface area (Å²) in [6.07, 6.45) is 14.6. The molecule has 2 atom stereocenters. The molecule has 0 aromatic heterocycles. The van der Waals surface area contributed by atoms with Crippen LogP contribution in [0.25, 0.3) is 11.1 Å². The van der Waals surface area contributed by atoms with Crippen molar-refractivity contribution < 1.29 is 0 Å². The monoisotopic (exact) mass is 530 g/mol. The fourth-order valence-corrected chi connectivity index (χ4v) is 5.92. The second kappa shape index (κ2) is 12.2. The molecule has 0 N–H and O–H groups in total. The molecule has 0 saturated heterocycles. The van der Waals surface area contributed by atoms with Gasteiger partial charge in [-0.3, -0.25) is 0 Å². The van der Waals surface area contributed by atoms with Gasteiger partial charge in [0.15, 0.2) is 0 Å². The molecule has 4 aromatic carbocycles. The zero-order valence-corrected chi connectivity index (χ0v) is 24.3. The molecular weight excluding hydrogens is 492 g/mol. The Kier molecular flexibility index (Phi) is 8.31. The van der Waals surface area contributed by atoms with Gasteiger partial charge in [0.05, 0.1) is 5.41 Å². The van der Waals surface area contributed by atoms with E-state index in [1.165, 1.54) is 50.1 Å². The van der Waals surface area contributed by atoms with Gasteiger partial charge in [0.2, 0.25) is 0 Å². The number of fused-ring (bicyclic) bond motifs is 1. The Hall–Kier alpha value is -4.68. The van der Waals surface area contributed by atoms with Crippen LogP contribution in [0.3, 0.4) is 0 Å². The lowest BCUT2D eigenvalue weighted by Crippen LogP contribution is -2.28. The molecule has 1 aliphatic rings. The van der Waals surface area contributed by atoms with Crippen molar-refractivity contribution in [3.8, 4) is 0 Å². The van der Waals surface area contributed by atoms with Gasteiger partial charge in [0, 0.05) is 0 Å². The van der Waals surface area contributed by atoms with Crippen molar-refractivity contribution in [2.75, 3.05) is 0 Å². The van der Waals surface area contributed by atoms with Crippen LogP contribution in [0, 0.1) is 6.92 Å². The topological polar surface area (TPSA) is 0 Å². The summed E-state index contributed by atoms with van der Waals surface area (Å²) < 4.78 is 0. The predicted octanol–water partition coefficient (Wildman–Crippen LogP) is 10.8. The second-order valence-electron chi connectivity index (χ2n) is 10.9. The van der Waals surface area contributed by atoms with Gasteiger partial charge < -0.3 is 0 Å². The quantitative estimate of drug-likeness (QED) is 0.199. The largest absolute Gasteiger partial charge is 0.0991 e. The summed E-state index contributed by atoms with van der Waals surface area (Å²) in [7, 11) is 0. The van der Waals surface area contributed by atoms with Crippen LogP contribution in [0.4, 0.5) is 0 Å². The van der Waals surface area contributed by atoms with Crippen molar-refractivity contribution in [2.45, 2.75) is 32.1 Å². The minimum Gasteiger partial charge on any atom is -0.0991 e. The molecule has 0 amide bonds. The molecule has 4 aromatic rings. The maximum atomic E-state index is 4.84. The highest BCUT2D eigenvalue weighted by atomic mass is 14.5. The standard InChI is InChI=1S/C41H38/c1-6-7-8-11-16-31(3)35-24-28-39-38(27-23-32(4)34-17-12-9-13-18-34)33(5)41(40(39)29-35,36-19-14-10-15-20-36)37-25-21-30(2)22-26-37/h6-29,31H,1,5H2,2-4H3/b8-7-,16-11-,32-23+,38-27+. The Labute approximate surface area is 246 Å². The van der Waals surface area contributed by atoms with Crippen LogP contribution >= 0.6 is 0 Å². The fraction of sp³-hybridized carbons (Fsp3) is 0.122. The van der Waals surface area contributed by atoms with Gasteiger partial charge in [-0.1, -0.05) is 171 Å². The van der Waals surface area contributed by atoms with E-state index >= 15 is 0 Å². The number of rotatable bonds is 8. The third-order valence-corrected chi connectivity index (χ3v) is 8.22. The molecule has 5 rings (SSSR count). The molecule has 0 heteroatoms. The highest BCUT2D eigenvalue weighted by Crippen LogP contribution is 2.57. The number of allylic oxidation sites excluding steroid dienone is 10. The van der Waals surface area contributed by atoms with Gasteiger partial charge in [-0.25, -0.2) is 0 Å². The molecule has 2 unspecified atom stereocenters. The van der Waals surface area contributed by atoms with E-state index in [-0.39, 0.29) is 5.92 Å². The Morgan fingerprint density at radius 3 is 2.12 bits per heavy atom. The highest BCUT2D eigenvalue weighted by Gasteiger charge is 2.47. The first-order valence-electron chi connectivity index (χ1n) is 14.3. The van der Waals surface area contributed by atoms with Gasteiger partial charge >= 0.3 is 0 Å². The lowest BCUT2D eigenvalue weighted by molar-refractivity contribution is 0.767. The molecule has 202 valence electrons. The van der Waals surface area contributed by atoms with Crippen LogP contribution < -0.4 is 0 Å². The molecule has 1 aliphatic carbocycles. The number of aryl methyl sites for hydroxylation is 1. The molecular formula is C41H38. The van der Waals surface area contributed by atoms with Gasteiger partial charge in [-0.15, -0.1) is 0 Å². The summed E-state index contributed by atoms with van der Waals surface area (Å²) >= 11 is 0. The number of hydrogen-bond donors (Lipinski definition) is 0. The van der Waals surface area contributed by atoms with Gasteiger partial charge in [-0.2, -0.15) is 0 Å². The van der Waals surface area contributed by atoms with E-state index in [9.17, 15) is 0 Å². The third-order valence-electron chi connectivity index (χ3n) is 8.22. The maximum absolute atomic E-state index is 4.84. The molecule has 0 heterocycles. The normalized spacial score (nSPS) is 18.8. The Bertz CT molecular complexity index is 1660. The van der Waals surface area contributed by atoms with Crippen molar-refractivity contribution >= 4 is 11.1 Å². The van der Waals surface area contributed by atoms with E-state index in [1.54, 1.807) is 6.08 Å². The van der Waals surface area contributed by atoms with E-state index in [4.69, 9.17) is 6.58 Å². The van der Waals surface area contributed by atoms with Crippen molar-refractivity contribution in [3.63, 3.8) is 0 Å². The number of hydrogen-bond acceptors (Lipinski definition) is 0. The zero-order valence-electron chi connectivity index (χ0n) is 24.3. The molecule has 0 fully saturated rings. The van der Waals surface area contributed by atoms with Crippen LogP contribution in [0.2, 0.25) is 0 Å². The minimum atomic E-state index is -0.493. The summed E-state index contributed by atoms with van der Waals surface area (Å²) in [6, 6.07) is 37.4. The molecule has 0 nitrogen and oxygen atoms in total. The average molecular weight is 531 g/mol. The molecule has 0 radical (unpaired) electrons.